The zero-order valence-corrected chi connectivity index (χ0v) is 18.3. The molecule has 1 aliphatic rings. The van der Waals surface area contributed by atoms with Gasteiger partial charge in [0.05, 0.1) is 20.0 Å². The molecule has 0 atom stereocenters. The van der Waals surface area contributed by atoms with E-state index in [0.29, 0.717) is 45.6 Å². The molecular formula is C20H21ClN4O4S. The summed E-state index contributed by atoms with van der Waals surface area (Å²) in [5.41, 5.74) is 0.608. The second kappa shape index (κ2) is 10.2. The van der Waals surface area contributed by atoms with Crippen LogP contribution in [0.5, 0.6) is 17.2 Å². The molecule has 0 spiro atoms. The number of amidine groups is 1. The lowest BCUT2D eigenvalue weighted by atomic mass is 10.2. The first-order chi connectivity index (χ1) is 14.5. The summed E-state index contributed by atoms with van der Waals surface area (Å²) in [5.74, 6) is 2.18. The van der Waals surface area contributed by atoms with E-state index in [0.717, 1.165) is 0 Å². The lowest BCUT2D eigenvalue weighted by Crippen LogP contribution is -2.31. The van der Waals surface area contributed by atoms with Crippen molar-refractivity contribution in [3.05, 3.63) is 47.5 Å². The Labute approximate surface area is 183 Å². The number of ether oxygens (including phenoxy) is 3. The van der Waals surface area contributed by atoms with Gasteiger partial charge in [-0.25, -0.2) is 0 Å². The lowest BCUT2D eigenvalue weighted by molar-refractivity contribution is -0.113. The molecule has 0 saturated carbocycles. The van der Waals surface area contributed by atoms with Gasteiger partial charge in [0.2, 0.25) is 17.0 Å². The Morgan fingerprint density at radius 1 is 1.17 bits per heavy atom. The number of likely N-dealkylation sites (N-methyl/N-ethyl adjacent to an activating group) is 1. The van der Waals surface area contributed by atoms with Crippen molar-refractivity contribution in [1.29, 1.82) is 0 Å². The van der Waals surface area contributed by atoms with E-state index in [1.165, 1.54) is 11.8 Å². The van der Waals surface area contributed by atoms with E-state index in [4.69, 9.17) is 25.8 Å². The first-order valence-electron chi connectivity index (χ1n) is 8.92. The summed E-state index contributed by atoms with van der Waals surface area (Å²) >= 11 is 7.11. The third-order valence-corrected chi connectivity index (χ3v) is 4.98. The van der Waals surface area contributed by atoms with Crippen LogP contribution in [0.1, 0.15) is 0 Å². The van der Waals surface area contributed by atoms with Gasteiger partial charge in [-0.05, 0) is 36.4 Å². The fourth-order valence-electron chi connectivity index (χ4n) is 2.54. The summed E-state index contributed by atoms with van der Waals surface area (Å²) in [6.45, 7) is 0.421. The first-order valence-corrected chi connectivity index (χ1v) is 10.3. The Kier molecular flexibility index (Phi) is 7.42. The minimum atomic E-state index is -0.196. The number of carbonyl (C=O) groups excluding carboxylic acids is 1. The Balaban J connectivity index is 1.58. The minimum Gasteiger partial charge on any atom is -0.493 e. The van der Waals surface area contributed by atoms with Gasteiger partial charge >= 0.3 is 0 Å². The van der Waals surface area contributed by atoms with Gasteiger partial charge in [-0.2, -0.15) is 4.99 Å². The van der Waals surface area contributed by atoms with Gasteiger partial charge in [0.25, 0.3) is 0 Å². The maximum Gasteiger partial charge on any atom is 0.234 e. The van der Waals surface area contributed by atoms with Crippen molar-refractivity contribution in [2.75, 3.05) is 38.9 Å². The van der Waals surface area contributed by atoms with Crippen molar-refractivity contribution in [3.8, 4) is 17.2 Å². The SMILES string of the molecule is COc1ccc(NC(=O)CSC2=NN(C)CC(Oc3ccc(Cl)cc3)=N2)cc1OC. The van der Waals surface area contributed by atoms with E-state index in [9.17, 15) is 4.79 Å². The molecule has 0 fully saturated rings. The topological polar surface area (TPSA) is 84.8 Å². The molecule has 0 bridgehead atoms. The number of methoxy groups -OCH3 is 2. The Morgan fingerprint density at radius 2 is 1.90 bits per heavy atom. The minimum absolute atomic E-state index is 0.138. The smallest absolute Gasteiger partial charge is 0.234 e. The van der Waals surface area contributed by atoms with Crippen molar-refractivity contribution in [2.24, 2.45) is 10.1 Å². The molecule has 0 saturated heterocycles. The molecule has 0 unspecified atom stereocenters. The van der Waals surface area contributed by atoms with E-state index >= 15 is 0 Å². The average molecular weight is 449 g/mol. The third kappa shape index (κ3) is 6.04. The van der Waals surface area contributed by atoms with Gasteiger partial charge in [0, 0.05) is 23.8 Å². The standard InChI is InChI=1S/C20H21ClN4O4S/c1-25-11-19(29-15-7-4-13(21)5-8-15)23-20(24-25)30-12-18(26)22-14-6-9-16(27-2)17(10-14)28-3/h4-10H,11-12H2,1-3H3,(H,22,26). The second-order valence-corrected chi connectivity index (χ2v) is 7.55. The number of rotatable bonds is 6. The molecule has 158 valence electrons. The van der Waals surface area contributed by atoms with Gasteiger partial charge in [-0.3, -0.25) is 9.80 Å². The van der Waals surface area contributed by atoms with Crippen LogP contribution in [0, 0.1) is 0 Å². The number of anilines is 1. The number of benzene rings is 2. The number of aliphatic imine (C=N–C) groups is 1. The average Bonchev–Trinajstić information content (AvgIpc) is 2.73. The fraction of sp³-hybridized carbons (Fsp3) is 0.250. The highest BCUT2D eigenvalue weighted by Gasteiger charge is 2.17. The number of hydrogen-bond acceptors (Lipinski definition) is 8. The Morgan fingerprint density at radius 3 is 2.60 bits per heavy atom. The maximum atomic E-state index is 12.3. The molecular weight excluding hydrogens is 428 g/mol. The molecule has 0 aromatic heterocycles. The molecule has 1 heterocycles. The van der Waals surface area contributed by atoms with E-state index in [1.807, 2.05) is 7.05 Å². The van der Waals surface area contributed by atoms with Crippen molar-refractivity contribution in [1.82, 2.24) is 5.01 Å². The van der Waals surface area contributed by atoms with E-state index in [1.54, 1.807) is 61.7 Å². The molecule has 2 aromatic rings. The monoisotopic (exact) mass is 448 g/mol. The van der Waals surface area contributed by atoms with Crippen LogP contribution >= 0.6 is 23.4 Å². The normalized spacial score (nSPS) is 13.3. The largest absolute Gasteiger partial charge is 0.493 e. The van der Waals surface area contributed by atoms with Gasteiger partial charge in [0.1, 0.15) is 12.3 Å². The Hall–Kier alpha value is -2.91. The highest BCUT2D eigenvalue weighted by Crippen LogP contribution is 2.29. The summed E-state index contributed by atoms with van der Waals surface area (Å²) in [7, 11) is 4.91. The predicted octanol–water partition coefficient (Wildman–Crippen LogP) is 3.72. The summed E-state index contributed by atoms with van der Waals surface area (Å²) in [6, 6.07) is 12.2. The molecule has 10 heteroatoms. The van der Waals surface area contributed by atoms with Crippen LogP contribution in [0.25, 0.3) is 0 Å². The third-order valence-electron chi connectivity index (χ3n) is 3.89. The quantitative estimate of drug-likeness (QED) is 0.724. The van der Waals surface area contributed by atoms with E-state index in [-0.39, 0.29) is 11.7 Å². The predicted molar refractivity (Wildman–Crippen MR) is 120 cm³/mol. The molecule has 30 heavy (non-hydrogen) atoms. The molecule has 0 radical (unpaired) electrons. The van der Waals surface area contributed by atoms with Crippen molar-refractivity contribution < 1.29 is 19.0 Å². The van der Waals surface area contributed by atoms with Crippen LogP contribution in [-0.2, 0) is 4.79 Å². The molecule has 1 N–H and O–H groups in total. The van der Waals surface area contributed by atoms with Gasteiger partial charge in [-0.1, -0.05) is 23.4 Å². The molecule has 8 nitrogen and oxygen atoms in total. The van der Waals surface area contributed by atoms with Crippen molar-refractivity contribution >= 4 is 46.0 Å². The molecule has 1 aliphatic heterocycles. The van der Waals surface area contributed by atoms with Crippen LogP contribution in [0.2, 0.25) is 5.02 Å². The number of hydrogen-bond donors (Lipinski definition) is 1. The number of nitrogens with zero attached hydrogens (tertiary/aromatic N) is 3. The van der Waals surface area contributed by atoms with E-state index < -0.39 is 0 Å². The highest BCUT2D eigenvalue weighted by molar-refractivity contribution is 8.14. The number of hydrazone groups is 1. The number of halogens is 1. The molecule has 3 rings (SSSR count). The van der Waals surface area contributed by atoms with E-state index in [2.05, 4.69) is 15.4 Å². The van der Waals surface area contributed by atoms with Crippen LogP contribution in [-0.4, -0.2) is 55.5 Å². The number of amides is 1. The molecule has 0 aliphatic carbocycles. The maximum absolute atomic E-state index is 12.3. The van der Waals surface area contributed by atoms with Crippen LogP contribution in [0.3, 0.4) is 0 Å². The zero-order valence-electron chi connectivity index (χ0n) is 16.7. The molecule has 2 aromatic carbocycles. The fourth-order valence-corrected chi connectivity index (χ4v) is 3.36. The summed E-state index contributed by atoms with van der Waals surface area (Å²) in [6.07, 6.45) is 0. The van der Waals surface area contributed by atoms with Crippen LogP contribution < -0.4 is 19.5 Å². The zero-order chi connectivity index (χ0) is 21.5. The number of carbonyl (C=O) groups is 1. The van der Waals surface area contributed by atoms with Gasteiger partial charge in [-0.15, -0.1) is 5.10 Å². The summed E-state index contributed by atoms with van der Waals surface area (Å²) < 4.78 is 16.2. The van der Waals surface area contributed by atoms with Crippen LogP contribution in [0.4, 0.5) is 5.69 Å². The van der Waals surface area contributed by atoms with Crippen molar-refractivity contribution in [3.63, 3.8) is 0 Å². The first kappa shape index (κ1) is 21.8. The lowest BCUT2D eigenvalue weighted by Gasteiger charge is -2.20. The molecule has 1 amide bonds. The second-order valence-electron chi connectivity index (χ2n) is 6.17. The summed E-state index contributed by atoms with van der Waals surface area (Å²) in [5, 5.41) is 9.91. The summed E-state index contributed by atoms with van der Waals surface area (Å²) in [4.78, 5) is 16.7. The highest BCUT2D eigenvalue weighted by atomic mass is 35.5. The Bertz CT molecular complexity index is 966. The van der Waals surface area contributed by atoms with Gasteiger partial charge in [0.15, 0.2) is 11.5 Å². The number of thioether (sulfide) groups is 1. The van der Waals surface area contributed by atoms with Crippen molar-refractivity contribution in [2.45, 2.75) is 0 Å². The van der Waals surface area contributed by atoms with Gasteiger partial charge < -0.3 is 19.5 Å². The number of nitrogens with one attached hydrogen (secondary N) is 1. The van der Waals surface area contributed by atoms with Crippen LogP contribution in [0.15, 0.2) is 52.6 Å².